The van der Waals surface area contributed by atoms with E-state index in [0.29, 0.717) is 12.5 Å². The van der Waals surface area contributed by atoms with E-state index in [1.165, 1.54) is 18.5 Å². The summed E-state index contributed by atoms with van der Waals surface area (Å²) in [6.07, 6.45) is -1.79. The Bertz CT molecular complexity index is 534. The molecular formula is C10H10F3N5. The van der Waals surface area contributed by atoms with Crippen molar-refractivity contribution >= 4 is 5.95 Å². The Morgan fingerprint density at radius 2 is 2.11 bits per heavy atom. The standard InChI is InChI=1S/C10H10F3N5/c1-2-14-9-15-5-3-8(16-9)18-6-4-7(17-18)10(11,12)13/h3-6H,2H2,1H3,(H,14,15,16). The van der Waals surface area contributed by atoms with E-state index in [1.54, 1.807) is 0 Å². The van der Waals surface area contributed by atoms with E-state index in [0.717, 1.165) is 10.7 Å². The van der Waals surface area contributed by atoms with Crippen molar-refractivity contribution in [2.45, 2.75) is 13.1 Å². The smallest absolute Gasteiger partial charge is 0.354 e. The van der Waals surface area contributed by atoms with Gasteiger partial charge in [0.25, 0.3) is 0 Å². The summed E-state index contributed by atoms with van der Waals surface area (Å²) >= 11 is 0. The molecule has 1 N–H and O–H groups in total. The van der Waals surface area contributed by atoms with Crippen LogP contribution < -0.4 is 5.32 Å². The van der Waals surface area contributed by atoms with E-state index in [1.807, 2.05) is 6.92 Å². The summed E-state index contributed by atoms with van der Waals surface area (Å²) in [6, 6.07) is 2.38. The van der Waals surface area contributed by atoms with Crippen LogP contribution in [0.4, 0.5) is 19.1 Å². The summed E-state index contributed by atoms with van der Waals surface area (Å²) in [5, 5.41) is 6.30. The van der Waals surface area contributed by atoms with Crippen LogP contribution in [0, 0.1) is 0 Å². The van der Waals surface area contributed by atoms with E-state index in [2.05, 4.69) is 20.4 Å². The number of nitrogens with one attached hydrogen (secondary N) is 1. The van der Waals surface area contributed by atoms with Gasteiger partial charge in [-0.3, -0.25) is 0 Å². The minimum atomic E-state index is -4.46. The van der Waals surface area contributed by atoms with Crippen LogP contribution in [-0.4, -0.2) is 26.3 Å². The molecule has 2 heterocycles. The summed E-state index contributed by atoms with van der Waals surface area (Å²) in [5.74, 6) is 0.621. The van der Waals surface area contributed by atoms with Gasteiger partial charge in [-0.25, -0.2) is 9.67 Å². The van der Waals surface area contributed by atoms with Gasteiger partial charge in [0.05, 0.1) is 0 Å². The molecule has 2 rings (SSSR count). The highest BCUT2D eigenvalue weighted by Gasteiger charge is 2.33. The van der Waals surface area contributed by atoms with Crippen molar-refractivity contribution in [1.82, 2.24) is 19.7 Å². The van der Waals surface area contributed by atoms with Gasteiger partial charge in [-0.1, -0.05) is 0 Å². The Kier molecular flexibility index (Phi) is 3.17. The molecule has 0 saturated carbocycles. The van der Waals surface area contributed by atoms with Gasteiger partial charge in [0.15, 0.2) is 11.5 Å². The van der Waals surface area contributed by atoms with Crippen LogP contribution in [-0.2, 0) is 6.18 Å². The van der Waals surface area contributed by atoms with Crippen LogP contribution in [0.15, 0.2) is 24.5 Å². The molecule has 0 spiro atoms. The summed E-state index contributed by atoms with van der Waals surface area (Å²) in [4.78, 5) is 7.96. The van der Waals surface area contributed by atoms with Crippen molar-refractivity contribution in [1.29, 1.82) is 0 Å². The number of hydrogen-bond acceptors (Lipinski definition) is 4. The first-order valence-corrected chi connectivity index (χ1v) is 5.21. The van der Waals surface area contributed by atoms with Crippen LogP contribution in [0.25, 0.3) is 5.82 Å². The van der Waals surface area contributed by atoms with Crippen LogP contribution in [0.1, 0.15) is 12.6 Å². The number of hydrogen-bond donors (Lipinski definition) is 1. The maximum atomic E-state index is 12.4. The quantitative estimate of drug-likeness (QED) is 0.915. The van der Waals surface area contributed by atoms with E-state index in [-0.39, 0.29) is 5.82 Å². The normalized spacial score (nSPS) is 11.6. The van der Waals surface area contributed by atoms with E-state index < -0.39 is 11.9 Å². The van der Waals surface area contributed by atoms with E-state index in [4.69, 9.17) is 0 Å². The lowest BCUT2D eigenvalue weighted by Gasteiger charge is -2.04. The lowest BCUT2D eigenvalue weighted by atomic mass is 10.4. The van der Waals surface area contributed by atoms with Crippen molar-refractivity contribution in [3.05, 3.63) is 30.2 Å². The molecule has 8 heteroatoms. The fraction of sp³-hybridized carbons (Fsp3) is 0.300. The number of nitrogens with zero attached hydrogens (tertiary/aromatic N) is 4. The zero-order valence-electron chi connectivity index (χ0n) is 9.44. The number of aromatic nitrogens is 4. The van der Waals surface area contributed by atoms with Gasteiger partial charge in [-0.15, -0.1) is 0 Å². The molecule has 96 valence electrons. The summed E-state index contributed by atoms with van der Waals surface area (Å²) in [7, 11) is 0. The molecule has 0 amide bonds. The maximum Gasteiger partial charge on any atom is 0.435 e. The highest BCUT2D eigenvalue weighted by atomic mass is 19.4. The van der Waals surface area contributed by atoms with Crippen molar-refractivity contribution in [3.63, 3.8) is 0 Å². The van der Waals surface area contributed by atoms with Gasteiger partial charge in [0.2, 0.25) is 5.95 Å². The number of halogens is 3. The predicted octanol–water partition coefficient (Wildman–Crippen LogP) is 2.11. The molecular weight excluding hydrogens is 247 g/mol. The Hall–Kier alpha value is -2.12. The minimum Gasteiger partial charge on any atom is -0.354 e. The van der Waals surface area contributed by atoms with Gasteiger partial charge < -0.3 is 5.32 Å². The third-order valence-electron chi connectivity index (χ3n) is 2.09. The Morgan fingerprint density at radius 3 is 2.72 bits per heavy atom. The van der Waals surface area contributed by atoms with Crippen LogP contribution in [0.5, 0.6) is 0 Å². The number of rotatable bonds is 3. The Labute approximate surface area is 101 Å². The van der Waals surface area contributed by atoms with Gasteiger partial charge >= 0.3 is 6.18 Å². The molecule has 0 radical (unpaired) electrons. The molecule has 0 aliphatic carbocycles. The highest BCUT2D eigenvalue weighted by molar-refractivity contribution is 5.31. The van der Waals surface area contributed by atoms with E-state index >= 15 is 0 Å². The maximum absolute atomic E-state index is 12.4. The Morgan fingerprint density at radius 1 is 1.33 bits per heavy atom. The first-order chi connectivity index (χ1) is 8.50. The largest absolute Gasteiger partial charge is 0.435 e. The summed E-state index contributed by atoms with van der Waals surface area (Å²) in [6.45, 7) is 2.49. The average Bonchev–Trinajstić information content (AvgIpc) is 2.78. The molecule has 2 aromatic rings. The summed E-state index contributed by atoms with van der Waals surface area (Å²) in [5.41, 5.74) is -0.953. The third kappa shape index (κ3) is 2.58. The Balaban J connectivity index is 2.31. The zero-order valence-corrected chi connectivity index (χ0v) is 9.44. The third-order valence-corrected chi connectivity index (χ3v) is 2.09. The van der Waals surface area contributed by atoms with Gasteiger partial charge in [-0.2, -0.15) is 23.3 Å². The predicted molar refractivity (Wildman–Crippen MR) is 58.3 cm³/mol. The SMILES string of the molecule is CCNc1nccc(-n2ccc(C(F)(F)F)n2)n1. The van der Waals surface area contributed by atoms with Crippen LogP contribution in [0.3, 0.4) is 0 Å². The minimum absolute atomic E-state index is 0.274. The molecule has 0 atom stereocenters. The van der Waals surface area contributed by atoms with Crippen LogP contribution in [0.2, 0.25) is 0 Å². The van der Waals surface area contributed by atoms with Gasteiger partial charge in [-0.05, 0) is 13.0 Å². The molecule has 0 saturated heterocycles. The molecule has 2 aromatic heterocycles. The second kappa shape index (κ2) is 4.63. The van der Waals surface area contributed by atoms with Crippen molar-refractivity contribution in [3.8, 4) is 5.82 Å². The van der Waals surface area contributed by atoms with Crippen LogP contribution >= 0.6 is 0 Å². The second-order valence-corrected chi connectivity index (χ2v) is 3.41. The lowest BCUT2D eigenvalue weighted by molar-refractivity contribution is -0.141. The first-order valence-electron chi connectivity index (χ1n) is 5.21. The number of alkyl halides is 3. The fourth-order valence-corrected chi connectivity index (χ4v) is 1.32. The number of anilines is 1. The van der Waals surface area contributed by atoms with Gasteiger partial charge in [0.1, 0.15) is 0 Å². The van der Waals surface area contributed by atoms with Crippen molar-refractivity contribution in [2.24, 2.45) is 0 Å². The van der Waals surface area contributed by atoms with E-state index in [9.17, 15) is 13.2 Å². The lowest BCUT2D eigenvalue weighted by Crippen LogP contribution is -2.09. The first kappa shape index (κ1) is 12.3. The van der Waals surface area contributed by atoms with Crippen molar-refractivity contribution < 1.29 is 13.2 Å². The average molecular weight is 257 g/mol. The highest BCUT2D eigenvalue weighted by Crippen LogP contribution is 2.27. The molecule has 0 bridgehead atoms. The fourth-order valence-electron chi connectivity index (χ4n) is 1.32. The van der Waals surface area contributed by atoms with Crippen molar-refractivity contribution in [2.75, 3.05) is 11.9 Å². The molecule has 0 unspecified atom stereocenters. The molecule has 0 aromatic carbocycles. The molecule has 0 fully saturated rings. The molecule has 5 nitrogen and oxygen atoms in total. The molecule has 0 aliphatic rings. The molecule has 18 heavy (non-hydrogen) atoms. The molecule has 0 aliphatic heterocycles. The second-order valence-electron chi connectivity index (χ2n) is 3.41. The van der Waals surface area contributed by atoms with Gasteiger partial charge in [0, 0.05) is 25.0 Å². The topological polar surface area (TPSA) is 55.6 Å². The monoisotopic (exact) mass is 257 g/mol. The zero-order chi connectivity index (χ0) is 13.2. The summed E-state index contributed by atoms with van der Waals surface area (Å²) < 4.78 is 38.2.